The lowest BCUT2D eigenvalue weighted by Crippen LogP contribution is -2.07. The number of allylic oxidation sites excluding steroid dienone is 1. The average Bonchev–Trinajstić information content (AvgIpc) is 2.75. The van der Waals surface area contributed by atoms with Crippen molar-refractivity contribution in [2.75, 3.05) is 6.61 Å². The van der Waals surface area contributed by atoms with E-state index in [1.807, 2.05) is 19.1 Å². The summed E-state index contributed by atoms with van der Waals surface area (Å²) in [6.45, 7) is 2.09. The summed E-state index contributed by atoms with van der Waals surface area (Å²) < 4.78 is 0. The van der Waals surface area contributed by atoms with E-state index in [-0.39, 0.29) is 24.2 Å². The SMILES string of the molecule is CC(C=O)CCCCCC(CCCC(C=CC(=O)O)CCCO)Cc1ccc(O)cc1. The van der Waals surface area contributed by atoms with E-state index in [0.717, 1.165) is 70.5 Å². The Bertz CT molecular complexity index is 638. The maximum absolute atomic E-state index is 10.8. The van der Waals surface area contributed by atoms with Crippen LogP contribution in [-0.2, 0) is 16.0 Å². The van der Waals surface area contributed by atoms with Crippen LogP contribution >= 0.6 is 0 Å². The third-order valence-electron chi connectivity index (χ3n) is 5.90. The van der Waals surface area contributed by atoms with Gasteiger partial charge in [-0.1, -0.05) is 63.7 Å². The van der Waals surface area contributed by atoms with Gasteiger partial charge in [0.25, 0.3) is 0 Å². The zero-order valence-electron chi connectivity index (χ0n) is 18.9. The van der Waals surface area contributed by atoms with Crippen molar-refractivity contribution in [3.8, 4) is 5.75 Å². The number of aromatic hydroxyl groups is 1. The van der Waals surface area contributed by atoms with Gasteiger partial charge >= 0.3 is 5.97 Å². The molecule has 3 unspecified atom stereocenters. The highest BCUT2D eigenvalue weighted by molar-refractivity contribution is 5.79. The molecular formula is C26H40O5. The number of carboxylic acid groups (broad SMARTS) is 1. The molecule has 0 saturated heterocycles. The van der Waals surface area contributed by atoms with E-state index in [4.69, 9.17) is 10.2 Å². The van der Waals surface area contributed by atoms with Crippen LogP contribution in [0.25, 0.3) is 0 Å². The summed E-state index contributed by atoms with van der Waals surface area (Å²) in [5.74, 6) is 0.213. The van der Waals surface area contributed by atoms with Crippen molar-refractivity contribution >= 4 is 12.3 Å². The Morgan fingerprint density at radius 1 is 0.935 bits per heavy atom. The Morgan fingerprint density at radius 3 is 2.23 bits per heavy atom. The van der Waals surface area contributed by atoms with Gasteiger partial charge in [-0.3, -0.25) is 0 Å². The van der Waals surface area contributed by atoms with E-state index in [1.54, 1.807) is 18.2 Å². The predicted molar refractivity (Wildman–Crippen MR) is 124 cm³/mol. The number of hydrogen-bond donors (Lipinski definition) is 3. The van der Waals surface area contributed by atoms with Gasteiger partial charge in [0.1, 0.15) is 12.0 Å². The Morgan fingerprint density at radius 2 is 1.58 bits per heavy atom. The first-order valence-electron chi connectivity index (χ1n) is 11.7. The van der Waals surface area contributed by atoms with E-state index < -0.39 is 5.97 Å². The third kappa shape index (κ3) is 13.7. The molecule has 0 aliphatic rings. The van der Waals surface area contributed by atoms with Crippen LogP contribution in [-0.4, -0.2) is 34.2 Å². The first kappa shape index (κ1) is 26.9. The lowest BCUT2D eigenvalue weighted by molar-refractivity contribution is -0.131. The molecule has 1 aromatic rings. The van der Waals surface area contributed by atoms with Gasteiger partial charge in [-0.2, -0.15) is 0 Å². The molecule has 5 heteroatoms. The minimum Gasteiger partial charge on any atom is -0.508 e. The molecule has 0 saturated carbocycles. The minimum atomic E-state index is -0.928. The van der Waals surface area contributed by atoms with Crippen LogP contribution in [0.5, 0.6) is 5.75 Å². The number of aliphatic hydroxyl groups excluding tert-OH is 1. The van der Waals surface area contributed by atoms with Gasteiger partial charge in [-0.15, -0.1) is 0 Å². The molecule has 0 aromatic heterocycles. The first-order chi connectivity index (χ1) is 14.9. The van der Waals surface area contributed by atoms with E-state index in [2.05, 4.69) is 0 Å². The molecule has 0 bridgehead atoms. The second-order valence-electron chi connectivity index (χ2n) is 8.74. The number of carbonyl (C=O) groups excluding carboxylic acids is 1. The first-order valence-corrected chi connectivity index (χ1v) is 11.7. The van der Waals surface area contributed by atoms with Crippen LogP contribution in [0.1, 0.15) is 76.7 Å². The zero-order chi connectivity index (χ0) is 22.9. The van der Waals surface area contributed by atoms with Crippen molar-refractivity contribution in [3.63, 3.8) is 0 Å². The monoisotopic (exact) mass is 432 g/mol. The summed E-state index contributed by atoms with van der Waals surface area (Å²) in [4.78, 5) is 21.6. The number of benzene rings is 1. The van der Waals surface area contributed by atoms with E-state index in [1.165, 1.54) is 11.6 Å². The molecule has 1 rings (SSSR count). The number of hydrogen-bond acceptors (Lipinski definition) is 4. The lowest BCUT2D eigenvalue weighted by Gasteiger charge is -2.19. The fourth-order valence-corrected chi connectivity index (χ4v) is 4.04. The molecule has 0 heterocycles. The number of phenols is 1. The van der Waals surface area contributed by atoms with Crippen LogP contribution < -0.4 is 0 Å². The molecule has 0 radical (unpaired) electrons. The van der Waals surface area contributed by atoms with Crippen molar-refractivity contribution in [3.05, 3.63) is 42.0 Å². The highest BCUT2D eigenvalue weighted by Crippen LogP contribution is 2.25. The molecule has 0 fully saturated rings. The van der Waals surface area contributed by atoms with Gasteiger partial charge in [0.2, 0.25) is 0 Å². The quantitative estimate of drug-likeness (QED) is 0.161. The van der Waals surface area contributed by atoms with E-state index in [0.29, 0.717) is 12.3 Å². The van der Waals surface area contributed by atoms with Crippen molar-refractivity contribution in [2.45, 2.75) is 77.6 Å². The molecule has 3 atom stereocenters. The topological polar surface area (TPSA) is 94.8 Å². The highest BCUT2D eigenvalue weighted by Gasteiger charge is 2.13. The highest BCUT2D eigenvalue weighted by atomic mass is 16.4. The van der Waals surface area contributed by atoms with Gasteiger partial charge in [0.05, 0.1) is 0 Å². The van der Waals surface area contributed by atoms with E-state index >= 15 is 0 Å². The number of unbranched alkanes of at least 4 members (excludes halogenated alkanes) is 2. The second-order valence-corrected chi connectivity index (χ2v) is 8.74. The van der Waals surface area contributed by atoms with Crippen LogP contribution in [0, 0.1) is 17.8 Å². The molecule has 0 aliphatic heterocycles. The molecule has 174 valence electrons. The summed E-state index contributed by atoms with van der Waals surface area (Å²) in [6.07, 6.45) is 14.9. The fourth-order valence-electron chi connectivity index (χ4n) is 4.04. The molecule has 3 N–H and O–H groups in total. The summed E-state index contributed by atoms with van der Waals surface area (Å²) in [6, 6.07) is 7.42. The Labute approximate surface area is 187 Å². The summed E-state index contributed by atoms with van der Waals surface area (Å²) in [5, 5.41) is 27.5. The number of carbonyl (C=O) groups is 2. The van der Waals surface area contributed by atoms with Crippen LogP contribution in [0.3, 0.4) is 0 Å². The van der Waals surface area contributed by atoms with Crippen molar-refractivity contribution in [2.24, 2.45) is 17.8 Å². The molecular weight excluding hydrogens is 392 g/mol. The van der Waals surface area contributed by atoms with Crippen LogP contribution in [0.4, 0.5) is 0 Å². The predicted octanol–water partition coefficient (Wildman–Crippen LogP) is 5.54. The molecule has 31 heavy (non-hydrogen) atoms. The number of aliphatic hydroxyl groups is 1. The zero-order valence-corrected chi connectivity index (χ0v) is 18.9. The smallest absolute Gasteiger partial charge is 0.327 e. The molecule has 5 nitrogen and oxygen atoms in total. The molecule has 0 amide bonds. The standard InChI is InChI=1S/C26H40O5/c1-21(20-28)7-3-2-4-8-23(19-24-12-15-25(29)16-13-24)10-5-9-22(11-6-18-27)14-17-26(30)31/h12-17,20-23,27,29H,2-11,18-19H2,1H3,(H,30,31). The Hall–Kier alpha value is -2.14. The van der Waals surface area contributed by atoms with Crippen molar-refractivity contribution < 1.29 is 24.9 Å². The summed E-state index contributed by atoms with van der Waals surface area (Å²) in [7, 11) is 0. The van der Waals surface area contributed by atoms with Crippen molar-refractivity contribution in [1.82, 2.24) is 0 Å². The second kappa shape index (κ2) is 16.5. The van der Waals surface area contributed by atoms with Gasteiger partial charge in [0, 0.05) is 18.6 Å². The number of rotatable bonds is 18. The van der Waals surface area contributed by atoms with Gasteiger partial charge in [-0.25, -0.2) is 4.79 Å². The van der Waals surface area contributed by atoms with Gasteiger partial charge < -0.3 is 20.1 Å². The Kier molecular flexibility index (Phi) is 14.3. The normalized spacial score (nSPS) is 14.4. The minimum absolute atomic E-state index is 0.129. The van der Waals surface area contributed by atoms with Gasteiger partial charge in [0.15, 0.2) is 0 Å². The van der Waals surface area contributed by atoms with Crippen LogP contribution in [0.15, 0.2) is 36.4 Å². The average molecular weight is 433 g/mol. The number of phenolic OH excluding ortho intramolecular Hbond substituents is 1. The third-order valence-corrected chi connectivity index (χ3v) is 5.90. The number of aliphatic carboxylic acids is 1. The molecule has 1 aromatic carbocycles. The lowest BCUT2D eigenvalue weighted by atomic mass is 9.87. The van der Waals surface area contributed by atoms with Gasteiger partial charge in [-0.05, 0) is 61.6 Å². The largest absolute Gasteiger partial charge is 0.508 e. The number of carboxylic acids is 1. The molecule has 0 aliphatic carbocycles. The maximum atomic E-state index is 10.8. The fraction of sp³-hybridized carbons (Fsp3) is 0.615. The van der Waals surface area contributed by atoms with Crippen molar-refractivity contribution in [1.29, 1.82) is 0 Å². The number of aldehydes is 1. The summed E-state index contributed by atoms with van der Waals surface area (Å²) >= 11 is 0. The summed E-state index contributed by atoms with van der Waals surface area (Å²) in [5.41, 5.74) is 1.22. The van der Waals surface area contributed by atoms with Crippen LogP contribution in [0.2, 0.25) is 0 Å². The van der Waals surface area contributed by atoms with E-state index in [9.17, 15) is 14.7 Å². The Balaban J connectivity index is 2.56. The maximum Gasteiger partial charge on any atom is 0.327 e. The molecule has 0 spiro atoms.